The molecule has 0 aliphatic heterocycles. The Morgan fingerprint density at radius 1 is 1.10 bits per heavy atom. The van der Waals surface area contributed by atoms with E-state index in [-0.39, 0.29) is 6.04 Å². The van der Waals surface area contributed by atoms with Gasteiger partial charge in [0.25, 0.3) is 0 Å². The Kier molecular flexibility index (Phi) is 3.87. The van der Waals surface area contributed by atoms with E-state index in [1.54, 1.807) is 6.26 Å². The molecule has 3 rings (SSSR count). The summed E-state index contributed by atoms with van der Waals surface area (Å²) in [4.78, 5) is 0. The Labute approximate surface area is 125 Å². The summed E-state index contributed by atoms with van der Waals surface area (Å²) in [6.07, 6.45) is 2.46. The molecule has 1 unspecified atom stereocenters. The average Bonchev–Trinajstić information content (AvgIpc) is 2.91. The first-order valence-electron chi connectivity index (χ1n) is 6.45. The molecule has 3 aromatic rings. The molecule has 0 amide bonds. The number of nitrogens with two attached hydrogens (primary N) is 1. The fourth-order valence-corrected chi connectivity index (χ4v) is 3.02. The van der Waals surface area contributed by atoms with Crippen LogP contribution in [0.3, 0.4) is 0 Å². The number of hydrogen-bond donors (Lipinski definition) is 2. The van der Waals surface area contributed by atoms with Gasteiger partial charge in [-0.05, 0) is 44.8 Å². The minimum absolute atomic E-state index is 0.00827. The van der Waals surface area contributed by atoms with Crippen LogP contribution in [0.25, 0.3) is 10.8 Å². The summed E-state index contributed by atoms with van der Waals surface area (Å²) in [7, 11) is 0. The predicted octanol–water partition coefficient (Wildman–Crippen LogP) is 3.94. The highest BCUT2D eigenvalue weighted by Gasteiger charge is 2.16. The molecule has 1 atom stereocenters. The quantitative estimate of drug-likeness (QED) is 0.562. The van der Waals surface area contributed by atoms with Crippen molar-refractivity contribution in [2.24, 2.45) is 5.84 Å². The summed E-state index contributed by atoms with van der Waals surface area (Å²) in [6.45, 7) is 0. The molecule has 0 aliphatic rings. The van der Waals surface area contributed by atoms with Crippen LogP contribution in [0.2, 0.25) is 0 Å². The first-order valence-corrected chi connectivity index (χ1v) is 7.24. The highest BCUT2D eigenvalue weighted by molar-refractivity contribution is 9.10. The molecular weight excluding hydrogens is 316 g/mol. The van der Waals surface area contributed by atoms with E-state index in [2.05, 4.69) is 63.8 Å². The maximum atomic E-state index is 5.71. The Balaban J connectivity index is 1.98. The molecule has 0 aliphatic carbocycles. The highest BCUT2D eigenvalue weighted by Crippen LogP contribution is 2.29. The van der Waals surface area contributed by atoms with E-state index in [9.17, 15) is 0 Å². The predicted molar refractivity (Wildman–Crippen MR) is 84.1 cm³/mol. The molecule has 3 nitrogen and oxygen atoms in total. The lowest BCUT2D eigenvalue weighted by Gasteiger charge is -2.16. The minimum atomic E-state index is 0.00827. The molecule has 0 saturated carbocycles. The SMILES string of the molecule is NNC(Cc1cccc2ccccc12)c1ccoc1Br. The molecule has 2 aromatic carbocycles. The molecule has 4 heteroatoms. The molecule has 3 N–H and O–H groups in total. The second-order valence-electron chi connectivity index (χ2n) is 4.71. The maximum Gasteiger partial charge on any atom is 0.173 e. The van der Waals surface area contributed by atoms with Crippen molar-refractivity contribution in [1.29, 1.82) is 0 Å². The fraction of sp³-hybridized carbons (Fsp3) is 0.125. The maximum absolute atomic E-state index is 5.71. The third kappa shape index (κ3) is 2.50. The Bertz CT molecular complexity index is 718. The van der Waals surface area contributed by atoms with Crippen molar-refractivity contribution in [2.75, 3.05) is 0 Å². The van der Waals surface area contributed by atoms with Crippen molar-refractivity contribution in [1.82, 2.24) is 5.43 Å². The monoisotopic (exact) mass is 330 g/mol. The summed E-state index contributed by atoms with van der Waals surface area (Å²) in [6, 6.07) is 16.7. The van der Waals surface area contributed by atoms with Crippen LogP contribution in [0.4, 0.5) is 0 Å². The molecular formula is C16H15BrN2O. The van der Waals surface area contributed by atoms with Gasteiger partial charge in [0.2, 0.25) is 0 Å². The normalized spacial score (nSPS) is 12.7. The number of halogens is 1. The first kappa shape index (κ1) is 13.4. The highest BCUT2D eigenvalue weighted by atomic mass is 79.9. The third-order valence-electron chi connectivity index (χ3n) is 3.53. The van der Waals surface area contributed by atoms with Gasteiger partial charge in [0, 0.05) is 5.56 Å². The van der Waals surface area contributed by atoms with Gasteiger partial charge in [-0.1, -0.05) is 42.5 Å². The van der Waals surface area contributed by atoms with Crippen LogP contribution >= 0.6 is 15.9 Å². The molecule has 1 heterocycles. The van der Waals surface area contributed by atoms with Gasteiger partial charge in [-0.3, -0.25) is 11.3 Å². The van der Waals surface area contributed by atoms with Gasteiger partial charge in [0.15, 0.2) is 4.67 Å². The van der Waals surface area contributed by atoms with Crippen LogP contribution in [0, 0.1) is 0 Å². The number of furan rings is 1. The van der Waals surface area contributed by atoms with Gasteiger partial charge >= 0.3 is 0 Å². The van der Waals surface area contributed by atoms with Crippen molar-refractivity contribution < 1.29 is 4.42 Å². The van der Waals surface area contributed by atoms with Crippen molar-refractivity contribution in [3.63, 3.8) is 0 Å². The molecule has 0 bridgehead atoms. The van der Waals surface area contributed by atoms with E-state index < -0.39 is 0 Å². The van der Waals surface area contributed by atoms with Crippen molar-refractivity contribution in [3.8, 4) is 0 Å². The van der Waals surface area contributed by atoms with Crippen LogP contribution in [0.1, 0.15) is 17.2 Å². The van der Waals surface area contributed by atoms with Crippen molar-refractivity contribution in [3.05, 3.63) is 70.6 Å². The average molecular weight is 331 g/mol. The Hall–Kier alpha value is -1.62. The van der Waals surface area contributed by atoms with Crippen LogP contribution in [-0.4, -0.2) is 0 Å². The Morgan fingerprint density at radius 2 is 1.90 bits per heavy atom. The first-order chi connectivity index (χ1) is 9.79. The zero-order valence-corrected chi connectivity index (χ0v) is 12.4. The van der Waals surface area contributed by atoms with Gasteiger partial charge in [0.05, 0.1) is 12.3 Å². The van der Waals surface area contributed by atoms with Gasteiger partial charge < -0.3 is 4.42 Å². The standard InChI is InChI=1S/C16H15BrN2O/c17-16-14(8-9-20-16)15(19-18)10-12-6-3-5-11-4-1-2-7-13(11)12/h1-9,15,19H,10,18H2. The number of hydrogen-bond acceptors (Lipinski definition) is 3. The second kappa shape index (κ2) is 5.79. The van der Waals surface area contributed by atoms with Crippen LogP contribution in [-0.2, 0) is 6.42 Å². The number of rotatable bonds is 4. The molecule has 0 radical (unpaired) electrons. The van der Waals surface area contributed by atoms with Crippen LogP contribution < -0.4 is 11.3 Å². The zero-order chi connectivity index (χ0) is 13.9. The van der Waals surface area contributed by atoms with E-state index in [1.807, 2.05) is 6.07 Å². The third-order valence-corrected chi connectivity index (χ3v) is 4.17. The summed E-state index contributed by atoms with van der Waals surface area (Å²) in [5.41, 5.74) is 5.16. The topological polar surface area (TPSA) is 51.2 Å². The van der Waals surface area contributed by atoms with E-state index in [1.165, 1.54) is 16.3 Å². The smallest absolute Gasteiger partial charge is 0.173 e. The zero-order valence-electron chi connectivity index (χ0n) is 10.8. The van der Waals surface area contributed by atoms with Crippen LogP contribution in [0.5, 0.6) is 0 Å². The lowest BCUT2D eigenvalue weighted by molar-refractivity contribution is 0.507. The molecule has 20 heavy (non-hydrogen) atoms. The van der Waals surface area contributed by atoms with E-state index in [0.717, 1.165) is 16.7 Å². The summed E-state index contributed by atoms with van der Waals surface area (Å²) >= 11 is 3.41. The van der Waals surface area contributed by atoms with Crippen LogP contribution in [0.15, 0.2) is 63.9 Å². The van der Waals surface area contributed by atoms with E-state index in [0.29, 0.717) is 0 Å². The molecule has 102 valence electrons. The minimum Gasteiger partial charge on any atom is -0.457 e. The number of hydrazine groups is 1. The number of fused-ring (bicyclic) bond motifs is 1. The summed E-state index contributed by atoms with van der Waals surface area (Å²) in [5, 5.41) is 2.50. The van der Waals surface area contributed by atoms with Crippen molar-refractivity contribution in [2.45, 2.75) is 12.5 Å². The lowest BCUT2D eigenvalue weighted by Crippen LogP contribution is -2.29. The lowest BCUT2D eigenvalue weighted by atomic mass is 9.96. The summed E-state index contributed by atoms with van der Waals surface area (Å²) in [5.74, 6) is 5.71. The largest absolute Gasteiger partial charge is 0.457 e. The fourth-order valence-electron chi connectivity index (χ4n) is 2.50. The van der Waals surface area contributed by atoms with E-state index in [4.69, 9.17) is 10.3 Å². The van der Waals surface area contributed by atoms with Gasteiger partial charge in [-0.2, -0.15) is 0 Å². The van der Waals surface area contributed by atoms with Gasteiger partial charge in [0.1, 0.15) is 0 Å². The van der Waals surface area contributed by atoms with E-state index >= 15 is 0 Å². The van der Waals surface area contributed by atoms with Crippen molar-refractivity contribution >= 4 is 26.7 Å². The number of nitrogens with one attached hydrogen (secondary N) is 1. The van der Waals surface area contributed by atoms with Gasteiger partial charge in [-0.15, -0.1) is 0 Å². The molecule has 0 spiro atoms. The second-order valence-corrected chi connectivity index (χ2v) is 5.43. The van der Waals surface area contributed by atoms with Gasteiger partial charge in [-0.25, -0.2) is 0 Å². The molecule has 1 aromatic heterocycles. The molecule has 0 fully saturated rings. The summed E-state index contributed by atoms with van der Waals surface area (Å²) < 4.78 is 6.02. The Morgan fingerprint density at radius 3 is 2.65 bits per heavy atom. The number of benzene rings is 2. The molecule has 0 saturated heterocycles.